The SMILES string of the molecule is CN(C)N(C=O)C1CS(=O)(=O)CC1O. The number of carbonyl (C=O) groups excluding carboxylic acids is 1. The Hall–Kier alpha value is -0.660. The quantitative estimate of drug-likeness (QED) is 0.445. The van der Waals surface area contributed by atoms with Gasteiger partial charge in [-0.1, -0.05) is 0 Å². The first-order chi connectivity index (χ1) is 6.37. The Morgan fingerprint density at radius 2 is 1.93 bits per heavy atom. The van der Waals surface area contributed by atoms with Crippen LogP contribution in [-0.4, -0.2) is 67.7 Å². The van der Waals surface area contributed by atoms with Crippen LogP contribution < -0.4 is 0 Å². The topological polar surface area (TPSA) is 77.9 Å². The van der Waals surface area contributed by atoms with E-state index in [1.54, 1.807) is 14.1 Å². The van der Waals surface area contributed by atoms with Gasteiger partial charge in [0.15, 0.2) is 9.84 Å². The van der Waals surface area contributed by atoms with Gasteiger partial charge in [-0.2, -0.15) is 0 Å². The molecular formula is C7H14N2O4S. The maximum Gasteiger partial charge on any atom is 0.224 e. The van der Waals surface area contributed by atoms with Gasteiger partial charge in [0.05, 0.1) is 23.7 Å². The van der Waals surface area contributed by atoms with E-state index in [2.05, 4.69) is 0 Å². The van der Waals surface area contributed by atoms with Crippen molar-refractivity contribution in [2.45, 2.75) is 12.1 Å². The molecule has 2 unspecified atom stereocenters. The summed E-state index contributed by atoms with van der Waals surface area (Å²) in [5, 5.41) is 12.1. The van der Waals surface area contributed by atoms with Crippen molar-refractivity contribution in [3.63, 3.8) is 0 Å². The maximum atomic E-state index is 11.2. The van der Waals surface area contributed by atoms with E-state index in [-0.39, 0.29) is 11.5 Å². The zero-order valence-electron chi connectivity index (χ0n) is 8.12. The third kappa shape index (κ3) is 2.23. The third-order valence-corrected chi connectivity index (χ3v) is 3.90. The monoisotopic (exact) mass is 222 g/mol. The maximum absolute atomic E-state index is 11.2. The minimum absolute atomic E-state index is 0.176. The molecule has 0 aromatic heterocycles. The first kappa shape index (κ1) is 11.4. The molecule has 0 aliphatic carbocycles. The van der Waals surface area contributed by atoms with Crippen LogP contribution in [0.5, 0.6) is 0 Å². The van der Waals surface area contributed by atoms with Crippen LogP contribution >= 0.6 is 0 Å². The zero-order valence-corrected chi connectivity index (χ0v) is 8.94. The van der Waals surface area contributed by atoms with Crippen molar-refractivity contribution >= 4 is 16.2 Å². The summed E-state index contributed by atoms with van der Waals surface area (Å²) in [6.45, 7) is 0. The number of rotatable bonds is 3. The molecule has 1 saturated heterocycles. The Bertz CT molecular complexity index is 314. The van der Waals surface area contributed by atoms with Crippen molar-refractivity contribution in [3.05, 3.63) is 0 Å². The van der Waals surface area contributed by atoms with E-state index in [1.165, 1.54) is 10.0 Å². The number of carbonyl (C=O) groups is 1. The molecule has 0 aromatic carbocycles. The van der Waals surface area contributed by atoms with Gasteiger partial charge in [-0.3, -0.25) is 9.80 Å². The van der Waals surface area contributed by atoms with Gasteiger partial charge < -0.3 is 5.11 Å². The van der Waals surface area contributed by atoms with Crippen LogP contribution in [-0.2, 0) is 14.6 Å². The third-order valence-electron chi connectivity index (χ3n) is 2.20. The zero-order chi connectivity index (χ0) is 10.9. The van der Waals surface area contributed by atoms with Crippen LogP contribution in [0.3, 0.4) is 0 Å². The molecule has 0 spiro atoms. The Labute approximate surface area is 83.0 Å². The molecule has 6 nitrogen and oxygen atoms in total. The van der Waals surface area contributed by atoms with Gasteiger partial charge in [-0.25, -0.2) is 13.4 Å². The van der Waals surface area contributed by atoms with Crippen molar-refractivity contribution in [1.29, 1.82) is 0 Å². The minimum Gasteiger partial charge on any atom is -0.390 e. The number of hydrogen-bond donors (Lipinski definition) is 1. The number of aliphatic hydroxyl groups excluding tert-OH is 1. The fourth-order valence-corrected chi connectivity index (χ4v) is 3.31. The summed E-state index contributed by atoms with van der Waals surface area (Å²) in [7, 11) is 0.0237. The second kappa shape index (κ2) is 3.84. The Kier molecular flexibility index (Phi) is 3.13. The van der Waals surface area contributed by atoms with Gasteiger partial charge in [0.25, 0.3) is 0 Å². The molecular weight excluding hydrogens is 208 g/mol. The molecule has 1 rings (SSSR count). The lowest BCUT2D eigenvalue weighted by molar-refractivity contribution is -0.138. The highest BCUT2D eigenvalue weighted by molar-refractivity contribution is 7.91. The molecule has 0 radical (unpaired) electrons. The van der Waals surface area contributed by atoms with Crippen LogP contribution in [0.25, 0.3) is 0 Å². The molecule has 1 heterocycles. The van der Waals surface area contributed by atoms with Gasteiger partial charge in [-0.15, -0.1) is 0 Å². The molecule has 0 aromatic rings. The molecule has 0 saturated carbocycles. The number of sulfone groups is 1. The van der Waals surface area contributed by atoms with Crippen LogP contribution in [0.4, 0.5) is 0 Å². The van der Waals surface area contributed by atoms with Gasteiger partial charge in [0.1, 0.15) is 0 Å². The average molecular weight is 222 g/mol. The molecule has 1 aliphatic heterocycles. The molecule has 1 aliphatic rings. The standard InChI is InChI=1S/C7H14N2O4S/c1-8(2)9(5-10)6-3-14(12,13)4-7(6)11/h5-7,11H,3-4H2,1-2H3. The van der Waals surface area contributed by atoms with E-state index < -0.39 is 22.0 Å². The lowest BCUT2D eigenvalue weighted by Gasteiger charge is -2.31. The van der Waals surface area contributed by atoms with Crippen LogP contribution in [0.2, 0.25) is 0 Å². The molecule has 1 amide bonds. The molecule has 82 valence electrons. The van der Waals surface area contributed by atoms with Gasteiger partial charge >= 0.3 is 0 Å². The van der Waals surface area contributed by atoms with E-state index in [1.807, 2.05) is 0 Å². The van der Waals surface area contributed by atoms with Gasteiger partial charge in [0, 0.05) is 14.1 Å². The van der Waals surface area contributed by atoms with E-state index in [9.17, 15) is 18.3 Å². The number of nitrogens with zero attached hydrogens (tertiary/aromatic N) is 2. The van der Waals surface area contributed by atoms with Crippen molar-refractivity contribution in [3.8, 4) is 0 Å². The predicted octanol–water partition coefficient (Wildman–Crippen LogP) is -1.92. The molecule has 0 bridgehead atoms. The second-order valence-corrected chi connectivity index (χ2v) is 5.70. The van der Waals surface area contributed by atoms with E-state index in [0.29, 0.717) is 6.41 Å². The summed E-state index contributed by atoms with van der Waals surface area (Å²) in [4.78, 5) is 10.7. The van der Waals surface area contributed by atoms with E-state index in [0.717, 1.165) is 0 Å². The molecule has 14 heavy (non-hydrogen) atoms. The highest BCUT2D eigenvalue weighted by Gasteiger charge is 2.40. The summed E-state index contributed by atoms with van der Waals surface area (Å²) in [6, 6.07) is -0.660. The molecule has 2 atom stereocenters. The van der Waals surface area contributed by atoms with Crippen molar-refractivity contribution in [2.75, 3.05) is 25.6 Å². The second-order valence-electron chi connectivity index (χ2n) is 3.54. The fourth-order valence-electron chi connectivity index (χ4n) is 1.53. The van der Waals surface area contributed by atoms with Gasteiger partial charge in [0.2, 0.25) is 6.41 Å². The van der Waals surface area contributed by atoms with Gasteiger partial charge in [-0.05, 0) is 0 Å². The Morgan fingerprint density at radius 1 is 1.36 bits per heavy atom. The van der Waals surface area contributed by atoms with Crippen molar-refractivity contribution in [1.82, 2.24) is 10.0 Å². The van der Waals surface area contributed by atoms with E-state index >= 15 is 0 Å². The lowest BCUT2D eigenvalue weighted by Crippen LogP contribution is -2.49. The normalized spacial score (nSPS) is 30.6. The highest BCUT2D eigenvalue weighted by Crippen LogP contribution is 2.17. The first-order valence-electron chi connectivity index (χ1n) is 4.17. The molecule has 7 heteroatoms. The number of hydrazine groups is 1. The van der Waals surface area contributed by atoms with Crippen molar-refractivity contribution in [2.24, 2.45) is 0 Å². The van der Waals surface area contributed by atoms with Crippen LogP contribution in [0.1, 0.15) is 0 Å². The number of amides is 1. The number of aliphatic hydroxyl groups is 1. The highest BCUT2D eigenvalue weighted by atomic mass is 32.2. The minimum atomic E-state index is -3.21. The lowest BCUT2D eigenvalue weighted by atomic mass is 10.2. The van der Waals surface area contributed by atoms with Crippen LogP contribution in [0, 0.1) is 0 Å². The Morgan fingerprint density at radius 3 is 2.21 bits per heavy atom. The smallest absolute Gasteiger partial charge is 0.224 e. The first-order valence-corrected chi connectivity index (χ1v) is 5.99. The molecule has 1 fully saturated rings. The Balaban J connectivity index is 2.83. The summed E-state index contributed by atoms with van der Waals surface area (Å²) >= 11 is 0. The average Bonchev–Trinajstić information content (AvgIpc) is 2.26. The largest absolute Gasteiger partial charge is 0.390 e. The summed E-state index contributed by atoms with van der Waals surface area (Å²) in [6.07, 6.45) is -0.470. The molecule has 1 N–H and O–H groups in total. The van der Waals surface area contributed by atoms with E-state index in [4.69, 9.17) is 0 Å². The summed E-state index contributed by atoms with van der Waals surface area (Å²) in [5.41, 5.74) is 0. The summed E-state index contributed by atoms with van der Waals surface area (Å²) in [5.74, 6) is -0.444. The van der Waals surface area contributed by atoms with Crippen molar-refractivity contribution < 1.29 is 18.3 Å². The summed E-state index contributed by atoms with van der Waals surface area (Å²) < 4.78 is 22.3. The fraction of sp³-hybridized carbons (Fsp3) is 0.857. The number of hydrogen-bond acceptors (Lipinski definition) is 5. The predicted molar refractivity (Wildman–Crippen MR) is 50.0 cm³/mol. The van der Waals surface area contributed by atoms with Crippen LogP contribution in [0.15, 0.2) is 0 Å².